The topological polar surface area (TPSA) is 68.1 Å². The third kappa shape index (κ3) is 6.35. The summed E-state index contributed by atoms with van der Waals surface area (Å²) in [5.74, 6) is 0.464. The number of isocyanates is 2. The van der Waals surface area contributed by atoms with Gasteiger partial charge in [-0.3, -0.25) is 0 Å². The molecule has 0 unspecified atom stereocenters. The highest BCUT2D eigenvalue weighted by molar-refractivity contribution is 6.31. The van der Waals surface area contributed by atoms with Crippen LogP contribution in [0.5, 0.6) is 5.75 Å². The van der Waals surface area contributed by atoms with Crippen molar-refractivity contribution in [3.05, 3.63) is 52.0 Å². The molecule has 0 aromatic heterocycles. The van der Waals surface area contributed by atoms with Gasteiger partial charge >= 0.3 is 6.18 Å². The first-order valence-electron chi connectivity index (χ1n) is 6.59. The Morgan fingerprint density at radius 2 is 1.42 bits per heavy atom. The van der Waals surface area contributed by atoms with Crippen molar-refractivity contribution in [2.24, 2.45) is 9.98 Å². The van der Waals surface area contributed by atoms with E-state index in [-0.39, 0.29) is 5.02 Å². The number of nitrogens with zero attached hydrogens (tertiary/aromatic N) is 2. The van der Waals surface area contributed by atoms with Gasteiger partial charge in [0.25, 0.3) is 0 Å². The van der Waals surface area contributed by atoms with E-state index >= 15 is 0 Å². The van der Waals surface area contributed by atoms with Crippen LogP contribution in [0, 0.1) is 0 Å². The standard InChI is InChI=1S/C8H3ClF3NO.C8H6ClNO2/c9-5-1-2-7(13-4-14)6(3-5)8(10,11)12;1-12-8-4-6(9)2-3-7(8)10-5-11/h1-3H;2-4H,1H3. The maximum absolute atomic E-state index is 12.3. The van der Waals surface area contributed by atoms with Crippen molar-refractivity contribution < 1.29 is 27.5 Å². The Kier molecular flexibility index (Phi) is 8.03. The van der Waals surface area contributed by atoms with Crippen LogP contribution in [0.4, 0.5) is 24.5 Å². The zero-order valence-corrected chi connectivity index (χ0v) is 14.5. The summed E-state index contributed by atoms with van der Waals surface area (Å²) in [4.78, 5) is 26.2. The summed E-state index contributed by atoms with van der Waals surface area (Å²) in [6, 6.07) is 7.73. The molecule has 0 bridgehead atoms. The normalized spacial score (nSPS) is 9.92. The van der Waals surface area contributed by atoms with Crippen molar-refractivity contribution in [1.82, 2.24) is 0 Å². The molecule has 0 N–H and O–H groups in total. The van der Waals surface area contributed by atoms with Gasteiger partial charge in [0.05, 0.1) is 18.4 Å². The quantitative estimate of drug-likeness (QED) is 0.490. The van der Waals surface area contributed by atoms with Gasteiger partial charge < -0.3 is 4.74 Å². The summed E-state index contributed by atoms with van der Waals surface area (Å²) in [5.41, 5.74) is -1.11. The van der Waals surface area contributed by atoms with Gasteiger partial charge in [0, 0.05) is 16.1 Å². The maximum atomic E-state index is 12.3. The summed E-state index contributed by atoms with van der Waals surface area (Å²) >= 11 is 11.1. The van der Waals surface area contributed by atoms with E-state index < -0.39 is 17.4 Å². The van der Waals surface area contributed by atoms with Crippen molar-refractivity contribution in [1.29, 1.82) is 0 Å². The predicted molar refractivity (Wildman–Crippen MR) is 90.0 cm³/mol. The monoisotopic (exact) mass is 404 g/mol. The van der Waals surface area contributed by atoms with Crippen LogP contribution < -0.4 is 4.74 Å². The second kappa shape index (κ2) is 9.75. The molecule has 0 saturated carbocycles. The third-order valence-electron chi connectivity index (χ3n) is 2.74. The average Bonchev–Trinajstić information content (AvgIpc) is 2.58. The Morgan fingerprint density at radius 3 is 1.92 bits per heavy atom. The van der Waals surface area contributed by atoms with Crippen molar-refractivity contribution in [2.75, 3.05) is 7.11 Å². The first-order chi connectivity index (χ1) is 12.2. The van der Waals surface area contributed by atoms with Gasteiger partial charge in [-0.05, 0) is 30.3 Å². The molecule has 0 aliphatic rings. The smallest absolute Gasteiger partial charge is 0.418 e. The molecule has 0 amide bonds. The van der Waals surface area contributed by atoms with Crippen molar-refractivity contribution in [2.45, 2.75) is 6.18 Å². The van der Waals surface area contributed by atoms with Crippen molar-refractivity contribution in [3.63, 3.8) is 0 Å². The lowest BCUT2D eigenvalue weighted by Crippen LogP contribution is -2.04. The van der Waals surface area contributed by atoms with Gasteiger partial charge in [-0.2, -0.15) is 23.2 Å². The van der Waals surface area contributed by atoms with E-state index in [1.165, 1.54) is 19.3 Å². The van der Waals surface area contributed by atoms with Crippen LogP contribution >= 0.6 is 23.2 Å². The highest BCUT2D eigenvalue weighted by atomic mass is 35.5. The summed E-state index contributed by atoms with van der Waals surface area (Å²) in [7, 11) is 1.48. The zero-order chi connectivity index (χ0) is 19.7. The van der Waals surface area contributed by atoms with Crippen LogP contribution in [0.3, 0.4) is 0 Å². The minimum Gasteiger partial charge on any atom is -0.494 e. The molecular weight excluding hydrogens is 396 g/mol. The van der Waals surface area contributed by atoms with E-state index in [9.17, 15) is 22.8 Å². The number of halogens is 5. The number of aliphatic imine (C=N–C) groups is 2. The van der Waals surface area contributed by atoms with Gasteiger partial charge in [0.2, 0.25) is 12.2 Å². The van der Waals surface area contributed by atoms with Crippen molar-refractivity contribution in [3.8, 4) is 5.75 Å². The van der Waals surface area contributed by atoms with Crippen LogP contribution in [0.15, 0.2) is 46.4 Å². The van der Waals surface area contributed by atoms with Gasteiger partial charge in [-0.1, -0.05) is 23.2 Å². The first kappa shape index (κ1) is 21.4. The molecule has 136 valence electrons. The molecule has 0 saturated heterocycles. The second-order valence-corrected chi connectivity index (χ2v) is 5.25. The first-order valence-corrected chi connectivity index (χ1v) is 7.34. The fraction of sp³-hybridized carbons (Fsp3) is 0.125. The number of carbonyl (C=O) groups excluding carboxylic acids is 2. The number of ether oxygens (including phenoxy) is 1. The van der Waals surface area contributed by atoms with Crippen molar-refractivity contribution >= 4 is 46.7 Å². The van der Waals surface area contributed by atoms with Gasteiger partial charge in [-0.25, -0.2) is 9.59 Å². The van der Waals surface area contributed by atoms with Crippen LogP contribution in [0.1, 0.15) is 5.56 Å². The van der Waals surface area contributed by atoms with Crippen LogP contribution in [-0.4, -0.2) is 19.3 Å². The van der Waals surface area contributed by atoms with Crippen LogP contribution in [0.25, 0.3) is 0 Å². The summed E-state index contributed by atoms with van der Waals surface area (Å²) in [6.45, 7) is 0. The predicted octanol–water partition coefficient (Wildman–Crippen LogP) is 5.64. The number of hydrogen-bond acceptors (Lipinski definition) is 5. The highest BCUT2D eigenvalue weighted by Gasteiger charge is 2.33. The molecule has 0 radical (unpaired) electrons. The summed E-state index contributed by atoms with van der Waals surface area (Å²) in [6.07, 6.45) is -2.10. The van der Waals surface area contributed by atoms with E-state index in [1.807, 2.05) is 0 Å². The number of benzene rings is 2. The Labute approximate surface area is 155 Å². The second-order valence-electron chi connectivity index (χ2n) is 4.38. The Hall–Kier alpha value is -2.63. The van der Waals surface area contributed by atoms with Gasteiger partial charge in [-0.15, -0.1) is 0 Å². The average molecular weight is 405 g/mol. The third-order valence-corrected chi connectivity index (χ3v) is 3.21. The van der Waals surface area contributed by atoms with E-state index in [0.717, 1.165) is 12.1 Å². The van der Waals surface area contributed by atoms with E-state index in [1.54, 1.807) is 18.2 Å². The molecule has 2 aromatic rings. The number of alkyl halides is 3. The highest BCUT2D eigenvalue weighted by Crippen LogP contribution is 2.37. The Bertz CT molecular complexity index is 876. The molecule has 5 nitrogen and oxygen atoms in total. The minimum absolute atomic E-state index is 0.0674. The van der Waals surface area contributed by atoms with E-state index in [4.69, 9.17) is 27.9 Å². The lowest BCUT2D eigenvalue weighted by Gasteiger charge is -2.08. The number of rotatable bonds is 3. The molecule has 0 fully saturated rings. The molecule has 0 heterocycles. The SMILES string of the molecule is COc1cc(Cl)ccc1N=C=O.O=C=Nc1ccc(Cl)cc1C(F)(F)F. The molecule has 0 aliphatic heterocycles. The van der Waals surface area contributed by atoms with E-state index in [0.29, 0.717) is 22.5 Å². The fourth-order valence-corrected chi connectivity index (χ4v) is 2.01. The summed E-state index contributed by atoms with van der Waals surface area (Å²) < 4.78 is 41.8. The number of methoxy groups -OCH3 is 1. The molecule has 0 spiro atoms. The zero-order valence-electron chi connectivity index (χ0n) is 13.0. The molecule has 26 heavy (non-hydrogen) atoms. The van der Waals surface area contributed by atoms with Gasteiger partial charge in [0.1, 0.15) is 11.4 Å². The molecule has 10 heteroatoms. The Balaban J connectivity index is 0.000000263. The lowest BCUT2D eigenvalue weighted by molar-refractivity contribution is -0.137. The maximum Gasteiger partial charge on any atom is 0.418 e. The molecule has 2 aromatic carbocycles. The lowest BCUT2D eigenvalue weighted by atomic mass is 10.2. The molecular formula is C16H9Cl2F3N2O3. The minimum atomic E-state index is -4.58. The Morgan fingerprint density at radius 1 is 0.923 bits per heavy atom. The summed E-state index contributed by atoms with van der Waals surface area (Å²) in [5, 5.41) is 0.471. The molecule has 0 aliphatic carbocycles. The largest absolute Gasteiger partial charge is 0.494 e. The molecule has 2 rings (SSSR count). The fourth-order valence-electron chi connectivity index (χ4n) is 1.67. The molecule has 0 atom stereocenters. The van der Waals surface area contributed by atoms with Gasteiger partial charge in [0.15, 0.2) is 0 Å². The number of hydrogen-bond donors (Lipinski definition) is 0. The van der Waals surface area contributed by atoms with Crippen LogP contribution in [0.2, 0.25) is 10.0 Å². The van der Waals surface area contributed by atoms with E-state index in [2.05, 4.69) is 9.98 Å². The van der Waals surface area contributed by atoms with Crippen LogP contribution in [-0.2, 0) is 15.8 Å².